The second-order valence-corrected chi connectivity index (χ2v) is 7.75. The zero-order chi connectivity index (χ0) is 27.3. The number of rotatable bonds is 11. The number of amides is 2. The van der Waals surface area contributed by atoms with Crippen molar-refractivity contribution in [3.8, 4) is 0 Å². The molecule has 2 atom stereocenters. The molecule has 0 saturated carbocycles. The van der Waals surface area contributed by atoms with Crippen LogP contribution in [0.1, 0.15) is 37.8 Å². The molecule has 0 aliphatic rings. The van der Waals surface area contributed by atoms with Crippen molar-refractivity contribution in [3.63, 3.8) is 0 Å². The van der Waals surface area contributed by atoms with Gasteiger partial charge in [0.1, 0.15) is 17.7 Å². The Kier molecular flexibility index (Phi) is 18.6. The van der Waals surface area contributed by atoms with Gasteiger partial charge in [0.05, 0.1) is 19.3 Å². The molecule has 5 N–H and O–H groups in total. The van der Waals surface area contributed by atoms with Crippen LogP contribution in [0.4, 0.5) is 8.78 Å². The number of aliphatic hydroxyl groups is 1. The number of aliphatic hydroxyl groups excluding tert-OH is 1. The maximum absolute atomic E-state index is 12.5. The first-order valence-corrected chi connectivity index (χ1v) is 11.6. The second-order valence-electron chi connectivity index (χ2n) is 7.75. The standard InChI is InChI=1S/C15H23N3O4.C8H8F2O.C3H8/c1-22-13(7-12(19)8-16)15(21)18-10-14(20)17-9-11-5-3-2-4-6-11;1-11-5-6-2-7(9)4-8(10)3-6;1-3-2/h2-6,12-13,19H,7-10,16H2,1H3,(H,17,20)(H,18,21);2-4H,5H2,1H3;3H2,1-2H3. The van der Waals surface area contributed by atoms with Crippen LogP contribution in [0.5, 0.6) is 0 Å². The minimum absolute atomic E-state index is 0.0463. The van der Waals surface area contributed by atoms with Crippen LogP contribution in [0.25, 0.3) is 0 Å². The van der Waals surface area contributed by atoms with Gasteiger partial charge in [-0.1, -0.05) is 50.6 Å². The highest BCUT2D eigenvalue weighted by atomic mass is 19.1. The quantitative estimate of drug-likeness (QED) is 0.368. The highest BCUT2D eigenvalue weighted by Gasteiger charge is 2.21. The Morgan fingerprint density at radius 1 is 1.00 bits per heavy atom. The number of carbonyl (C=O) groups excluding carboxylic acids is 2. The summed E-state index contributed by atoms with van der Waals surface area (Å²) in [5, 5.41) is 14.6. The molecule has 2 unspecified atom stereocenters. The van der Waals surface area contributed by atoms with Crippen molar-refractivity contribution < 1.29 is 33.0 Å². The van der Waals surface area contributed by atoms with E-state index in [0.29, 0.717) is 12.1 Å². The highest BCUT2D eigenvalue weighted by Crippen LogP contribution is 2.08. The third kappa shape index (κ3) is 15.9. The number of nitrogens with two attached hydrogens (primary N) is 1. The van der Waals surface area contributed by atoms with Gasteiger partial charge < -0.3 is 30.9 Å². The Bertz CT molecular complexity index is 852. The average molecular weight is 512 g/mol. The van der Waals surface area contributed by atoms with Gasteiger partial charge in [0.2, 0.25) is 11.8 Å². The summed E-state index contributed by atoms with van der Waals surface area (Å²) in [6.45, 7) is 4.78. The van der Waals surface area contributed by atoms with E-state index < -0.39 is 29.7 Å². The number of halogens is 2. The van der Waals surface area contributed by atoms with Gasteiger partial charge in [-0.15, -0.1) is 0 Å². The smallest absolute Gasteiger partial charge is 0.249 e. The summed E-state index contributed by atoms with van der Waals surface area (Å²) in [5.74, 6) is -1.90. The number of benzene rings is 2. The number of methoxy groups -OCH3 is 2. The topological polar surface area (TPSA) is 123 Å². The Labute approximate surface area is 212 Å². The minimum atomic E-state index is -0.833. The van der Waals surface area contributed by atoms with Gasteiger partial charge in [0.15, 0.2) is 0 Å². The van der Waals surface area contributed by atoms with Crippen molar-refractivity contribution in [1.29, 1.82) is 0 Å². The van der Waals surface area contributed by atoms with Gasteiger partial charge in [0, 0.05) is 39.8 Å². The van der Waals surface area contributed by atoms with E-state index in [4.69, 9.17) is 15.2 Å². The van der Waals surface area contributed by atoms with E-state index in [-0.39, 0.29) is 32.0 Å². The van der Waals surface area contributed by atoms with Crippen LogP contribution in [0.3, 0.4) is 0 Å². The molecule has 0 saturated heterocycles. The molecule has 2 aromatic rings. The summed E-state index contributed by atoms with van der Waals surface area (Å²) in [7, 11) is 2.84. The van der Waals surface area contributed by atoms with Crippen LogP contribution in [0.15, 0.2) is 48.5 Å². The molecule has 0 aliphatic heterocycles. The fourth-order valence-corrected chi connectivity index (χ4v) is 2.65. The first-order chi connectivity index (χ1) is 17.2. The summed E-state index contributed by atoms with van der Waals surface area (Å²) < 4.78 is 34.6. The molecule has 0 spiro atoms. The van der Waals surface area contributed by atoms with Crippen molar-refractivity contribution in [2.24, 2.45) is 5.73 Å². The fraction of sp³-hybridized carbons (Fsp3) is 0.462. The zero-order valence-electron chi connectivity index (χ0n) is 21.4. The van der Waals surface area contributed by atoms with Gasteiger partial charge in [0.25, 0.3) is 0 Å². The third-order valence-corrected chi connectivity index (χ3v) is 4.32. The molecule has 36 heavy (non-hydrogen) atoms. The van der Waals surface area contributed by atoms with Crippen molar-refractivity contribution >= 4 is 11.8 Å². The lowest BCUT2D eigenvalue weighted by molar-refractivity contribution is -0.134. The molecule has 2 amide bonds. The average Bonchev–Trinajstić information content (AvgIpc) is 2.85. The van der Waals surface area contributed by atoms with E-state index in [1.807, 2.05) is 30.3 Å². The number of ether oxygens (including phenoxy) is 2. The molecule has 0 bridgehead atoms. The lowest BCUT2D eigenvalue weighted by Crippen LogP contribution is -2.43. The molecular formula is C26H39F2N3O5. The van der Waals surface area contributed by atoms with E-state index in [1.54, 1.807) is 0 Å². The molecule has 0 aromatic heterocycles. The van der Waals surface area contributed by atoms with Gasteiger partial charge in [-0.05, 0) is 23.3 Å². The molecule has 0 heterocycles. The van der Waals surface area contributed by atoms with Crippen LogP contribution in [-0.2, 0) is 32.2 Å². The van der Waals surface area contributed by atoms with E-state index in [2.05, 4.69) is 24.5 Å². The number of nitrogens with one attached hydrogen (secondary N) is 2. The monoisotopic (exact) mass is 511 g/mol. The highest BCUT2D eigenvalue weighted by molar-refractivity contribution is 5.86. The van der Waals surface area contributed by atoms with Gasteiger partial charge in [-0.25, -0.2) is 8.78 Å². The predicted molar refractivity (Wildman–Crippen MR) is 135 cm³/mol. The molecule has 0 fully saturated rings. The maximum atomic E-state index is 12.5. The minimum Gasteiger partial charge on any atom is -0.392 e. The molecule has 8 nitrogen and oxygen atoms in total. The molecule has 2 aromatic carbocycles. The molecule has 0 radical (unpaired) electrons. The van der Waals surface area contributed by atoms with E-state index in [0.717, 1.165) is 11.6 Å². The lowest BCUT2D eigenvalue weighted by Gasteiger charge is -2.17. The van der Waals surface area contributed by atoms with Gasteiger partial charge in [-0.2, -0.15) is 0 Å². The predicted octanol–water partition coefficient (Wildman–Crippen LogP) is 2.67. The van der Waals surface area contributed by atoms with Crippen molar-refractivity contribution in [2.75, 3.05) is 27.3 Å². The number of carbonyl (C=O) groups is 2. The van der Waals surface area contributed by atoms with Crippen LogP contribution >= 0.6 is 0 Å². The fourth-order valence-electron chi connectivity index (χ4n) is 2.65. The third-order valence-electron chi connectivity index (χ3n) is 4.32. The molecular weight excluding hydrogens is 472 g/mol. The molecule has 10 heteroatoms. The van der Waals surface area contributed by atoms with E-state index in [1.165, 1.54) is 32.8 Å². The Hall–Kier alpha value is -2.92. The van der Waals surface area contributed by atoms with Crippen molar-refractivity contribution in [1.82, 2.24) is 10.6 Å². The number of hydrogen-bond acceptors (Lipinski definition) is 6. The first-order valence-electron chi connectivity index (χ1n) is 11.6. The summed E-state index contributed by atoms with van der Waals surface area (Å²) >= 11 is 0. The molecule has 202 valence electrons. The molecule has 2 rings (SSSR count). The Balaban J connectivity index is 0.000000725. The largest absolute Gasteiger partial charge is 0.392 e. The SMILES string of the molecule is CCC.COC(CC(O)CN)C(=O)NCC(=O)NCc1ccccc1.COCc1cc(F)cc(F)c1. The normalized spacial score (nSPS) is 11.7. The zero-order valence-corrected chi connectivity index (χ0v) is 21.4. The summed E-state index contributed by atoms with van der Waals surface area (Å²) in [4.78, 5) is 23.5. The van der Waals surface area contributed by atoms with Gasteiger partial charge >= 0.3 is 0 Å². The van der Waals surface area contributed by atoms with Gasteiger partial charge in [-0.3, -0.25) is 9.59 Å². The maximum Gasteiger partial charge on any atom is 0.249 e. The first kappa shape index (κ1) is 33.1. The van der Waals surface area contributed by atoms with E-state index >= 15 is 0 Å². The van der Waals surface area contributed by atoms with Crippen molar-refractivity contribution in [2.45, 2.75) is 52.0 Å². The summed E-state index contributed by atoms with van der Waals surface area (Å²) in [5.41, 5.74) is 6.77. The molecule has 0 aliphatic carbocycles. The van der Waals surface area contributed by atoms with Crippen LogP contribution in [0, 0.1) is 11.6 Å². The Morgan fingerprint density at radius 2 is 1.58 bits per heavy atom. The van der Waals surface area contributed by atoms with Crippen LogP contribution in [-0.4, -0.2) is 56.4 Å². The van der Waals surface area contributed by atoms with Crippen molar-refractivity contribution in [3.05, 3.63) is 71.3 Å². The number of hydrogen-bond donors (Lipinski definition) is 4. The van der Waals surface area contributed by atoms with Crippen LogP contribution < -0.4 is 16.4 Å². The Morgan fingerprint density at radius 3 is 2.08 bits per heavy atom. The van der Waals surface area contributed by atoms with Crippen LogP contribution in [0.2, 0.25) is 0 Å². The van der Waals surface area contributed by atoms with E-state index in [9.17, 15) is 23.5 Å². The summed E-state index contributed by atoms with van der Waals surface area (Å²) in [6, 6.07) is 12.8. The second kappa shape index (κ2) is 20.3. The summed E-state index contributed by atoms with van der Waals surface area (Å²) in [6.07, 6.45) is -0.312. The lowest BCUT2D eigenvalue weighted by atomic mass is 10.1.